The molecule has 4 aromatic carbocycles. The van der Waals surface area contributed by atoms with Crippen molar-refractivity contribution >= 4 is 19.2 Å². The van der Waals surface area contributed by atoms with Crippen molar-refractivity contribution in [3.05, 3.63) is 120 Å². The van der Waals surface area contributed by atoms with E-state index < -0.39 is 11.7 Å². The Bertz CT molecular complexity index is 1570. The summed E-state index contributed by atoms with van der Waals surface area (Å²) < 4.78 is 42.1. The summed E-state index contributed by atoms with van der Waals surface area (Å²) in [6.07, 6.45) is 3.84. The number of hydrogen-bond acceptors (Lipinski definition) is 5. The first-order valence-electron chi connectivity index (χ1n) is 18.2. The van der Waals surface area contributed by atoms with Crippen LogP contribution in [0.15, 0.2) is 103 Å². The van der Waals surface area contributed by atoms with E-state index in [9.17, 15) is 18.0 Å². The monoisotopic (exact) mass is 732 g/mol. The molecule has 0 aliphatic carbocycles. The number of alkyl halides is 3. The number of unbranched alkanes of at least 4 members (excludes halogenated alkanes) is 2. The van der Waals surface area contributed by atoms with Crippen molar-refractivity contribution < 1.29 is 32.3 Å². The summed E-state index contributed by atoms with van der Waals surface area (Å²) in [5.74, 6) is 0.637. The molecule has 1 atom stereocenters. The van der Waals surface area contributed by atoms with E-state index in [0.717, 1.165) is 62.3 Å². The van der Waals surface area contributed by atoms with E-state index in [1.165, 1.54) is 73.6 Å². The molecule has 1 amide bonds. The van der Waals surface area contributed by atoms with E-state index in [1.54, 1.807) is 0 Å². The lowest BCUT2D eigenvalue weighted by Gasteiger charge is -2.20. The summed E-state index contributed by atoms with van der Waals surface area (Å²) in [5.41, 5.74) is 5.99. The molecule has 0 radical (unpaired) electrons. The maximum absolute atomic E-state index is 12.8. The zero-order chi connectivity index (χ0) is 39.1. The molecule has 1 aliphatic rings. The SMILES string of the molecule is C=O.CCCCCC(C)C(=O)N1CCCC1.CN(CCc1ccc(-c2ccccc2)cc1)Cc1ccc(-c2ccc(C(F)(F)F)cc2)cc1.COC=O. The molecular weight excluding hydrogens is 677 g/mol. The number of carbonyl (C=O) groups excluding carboxylic acids is 3. The summed E-state index contributed by atoms with van der Waals surface area (Å²) in [4.78, 5) is 33.1. The van der Waals surface area contributed by atoms with Crippen molar-refractivity contribution in [2.24, 2.45) is 5.92 Å². The third kappa shape index (κ3) is 16.2. The van der Waals surface area contributed by atoms with Crippen LogP contribution >= 0.6 is 0 Å². The third-order valence-corrected chi connectivity index (χ3v) is 8.97. The minimum atomic E-state index is -4.31. The maximum atomic E-state index is 12.8. The number of halogens is 3. The van der Waals surface area contributed by atoms with Gasteiger partial charge in [-0.15, -0.1) is 0 Å². The minimum Gasteiger partial charge on any atom is -0.471 e. The number of rotatable bonds is 13. The number of nitrogens with zero attached hydrogens (tertiary/aromatic N) is 2. The molecule has 1 saturated heterocycles. The Morgan fingerprint density at radius 3 is 1.75 bits per heavy atom. The normalized spacial score (nSPS) is 12.6. The predicted octanol–water partition coefficient (Wildman–Crippen LogP) is 10.1. The van der Waals surface area contributed by atoms with Crippen LogP contribution in [0.25, 0.3) is 22.3 Å². The number of likely N-dealkylation sites (N-methyl/N-ethyl adjacent to an activating group) is 1. The lowest BCUT2D eigenvalue weighted by Crippen LogP contribution is -2.32. The molecule has 6 nitrogen and oxygen atoms in total. The van der Waals surface area contributed by atoms with E-state index in [1.807, 2.05) is 54.2 Å². The average Bonchev–Trinajstić information content (AvgIpc) is 3.74. The highest BCUT2D eigenvalue weighted by Crippen LogP contribution is 2.31. The van der Waals surface area contributed by atoms with Gasteiger partial charge >= 0.3 is 6.18 Å². The van der Waals surface area contributed by atoms with Gasteiger partial charge < -0.3 is 19.3 Å². The molecule has 1 unspecified atom stereocenters. The summed E-state index contributed by atoms with van der Waals surface area (Å²) >= 11 is 0. The first-order valence-corrected chi connectivity index (χ1v) is 18.2. The van der Waals surface area contributed by atoms with Gasteiger partial charge in [-0.2, -0.15) is 13.2 Å². The maximum Gasteiger partial charge on any atom is 0.416 e. The first-order chi connectivity index (χ1) is 25.5. The fraction of sp³-hybridized carbons (Fsp3) is 0.386. The number of methoxy groups -OCH3 is 1. The number of benzene rings is 4. The van der Waals surface area contributed by atoms with Crippen molar-refractivity contribution in [2.45, 2.75) is 71.5 Å². The van der Waals surface area contributed by atoms with Crippen LogP contribution in [0.4, 0.5) is 13.2 Å². The van der Waals surface area contributed by atoms with Gasteiger partial charge in [0.15, 0.2) is 0 Å². The Balaban J connectivity index is 0.000000403. The van der Waals surface area contributed by atoms with E-state index in [2.05, 4.69) is 66.9 Å². The molecule has 4 aromatic rings. The standard InChI is InChI=1S/C29H26F3N.C12H23NO.C2H4O2.CH2O/c1-33(20-19-22-7-11-25(12-8-22)24-5-3-2-4-6-24)21-23-9-13-26(14-10-23)27-15-17-28(18-16-27)29(30,31)32;1-3-4-5-8-11(2)12(14)13-9-6-7-10-13;1-4-2-3;1-2/h2-18H,19-21H2,1H3;11H,3-10H2,1-2H3;2H,1H3;1H2. The van der Waals surface area contributed by atoms with Gasteiger partial charge in [0, 0.05) is 32.1 Å². The van der Waals surface area contributed by atoms with Gasteiger partial charge in [-0.25, -0.2) is 0 Å². The molecule has 53 heavy (non-hydrogen) atoms. The average molecular weight is 733 g/mol. The van der Waals surface area contributed by atoms with Crippen LogP contribution < -0.4 is 0 Å². The van der Waals surface area contributed by atoms with E-state index in [-0.39, 0.29) is 5.92 Å². The predicted molar refractivity (Wildman–Crippen MR) is 208 cm³/mol. The van der Waals surface area contributed by atoms with Gasteiger partial charge in [0.2, 0.25) is 5.91 Å². The number of ether oxygens (including phenoxy) is 1. The molecule has 0 saturated carbocycles. The van der Waals surface area contributed by atoms with E-state index >= 15 is 0 Å². The van der Waals surface area contributed by atoms with Crippen molar-refractivity contribution in [3.8, 4) is 22.3 Å². The zero-order valence-corrected chi connectivity index (χ0v) is 31.6. The topological polar surface area (TPSA) is 66.9 Å². The molecule has 1 heterocycles. The zero-order valence-electron chi connectivity index (χ0n) is 31.6. The highest BCUT2D eigenvalue weighted by atomic mass is 19.4. The lowest BCUT2D eigenvalue weighted by atomic mass is 10.0. The van der Waals surface area contributed by atoms with Gasteiger partial charge in [0.25, 0.3) is 6.47 Å². The first kappa shape index (κ1) is 44.4. The number of hydrogen-bond donors (Lipinski definition) is 0. The quantitative estimate of drug-likeness (QED) is 0.101. The highest BCUT2D eigenvalue weighted by Gasteiger charge is 2.30. The molecule has 0 aromatic heterocycles. The highest BCUT2D eigenvalue weighted by molar-refractivity contribution is 5.78. The second kappa shape index (κ2) is 24.5. The molecule has 0 spiro atoms. The largest absolute Gasteiger partial charge is 0.471 e. The van der Waals surface area contributed by atoms with Gasteiger partial charge in [-0.1, -0.05) is 124 Å². The van der Waals surface area contributed by atoms with Gasteiger partial charge in [0.1, 0.15) is 6.79 Å². The van der Waals surface area contributed by atoms with Gasteiger partial charge in [-0.05, 0) is 78.2 Å². The van der Waals surface area contributed by atoms with Gasteiger partial charge in [-0.3, -0.25) is 9.59 Å². The Labute approximate surface area is 314 Å². The van der Waals surface area contributed by atoms with Crippen LogP contribution in [-0.4, -0.2) is 62.8 Å². The molecule has 286 valence electrons. The van der Waals surface area contributed by atoms with Crippen LogP contribution in [0, 0.1) is 5.92 Å². The molecule has 1 fully saturated rings. The summed E-state index contributed by atoms with van der Waals surface area (Å²) in [5, 5.41) is 0. The van der Waals surface area contributed by atoms with Crippen molar-refractivity contribution in [2.75, 3.05) is 33.8 Å². The number of carbonyl (C=O) groups is 3. The molecule has 5 rings (SSSR count). The Morgan fingerprint density at radius 1 is 0.811 bits per heavy atom. The van der Waals surface area contributed by atoms with E-state index in [4.69, 9.17) is 9.59 Å². The Kier molecular flexibility index (Phi) is 20.5. The van der Waals surface area contributed by atoms with Crippen LogP contribution in [0.5, 0.6) is 0 Å². The molecular formula is C44H55F3N2O4. The van der Waals surface area contributed by atoms with Gasteiger partial charge in [0.05, 0.1) is 12.7 Å². The van der Waals surface area contributed by atoms with Crippen LogP contribution in [-0.2, 0) is 38.3 Å². The second-order valence-corrected chi connectivity index (χ2v) is 13.1. The lowest BCUT2D eigenvalue weighted by molar-refractivity contribution is -0.137. The Hall–Kier alpha value is -4.76. The summed E-state index contributed by atoms with van der Waals surface area (Å²) in [6.45, 7) is 10.4. The van der Waals surface area contributed by atoms with Crippen LogP contribution in [0.1, 0.15) is 69.1 Å². The van der Waals surface area contributed by atoms with Crippen LogP contribution in [0.3, 0.4) is 0 Å². The van der Waals surface area contributed by atoms with E-state index in [0.29, 0.717) is 12.4 Å². The van der Waals surface area contributed by atoms with Crippen molar-refractivity contribution in [3.63, 3.8) is 0 Å². The third-order valence-electron chi connectivity index (χ3n) is 8.97. The van der Waals surface area contributed by atoms with Crippen LogP contribution in [0.2, 0.25) is 0 Å². The molecule has 9 heteroatoms. The Morgan fingerprint density at radius 2 is 1.28 bits per heavy atom. The molecule has 0 bridgehead atoms. The summed E-state index contributed by atoms with van der Waals surface area (Å²) in [7, 11) is 3.41. The van der Waals surface area contributed by atoms with Crippen molar-refractivity contribution in [1.29, 1.82) is 0 Å². The molecule has 0 N–H and O–H groups in total. The fourth-order valence-corrected chi connectivity index (χ4v) is 5.93. The smallest absolute Gasteiger partial charge is 0.416 e. The minimum absolute atomic E-state index is 0.250. The fourth-order valence-electron chi connectivity index (χ4n) is 5.93. The summed E-state index contributed by atoms with van der Waals surface area (Å²) in [6, 6.07) is 32.4. The number of amides is 1. The second-order valence-electron chi connectivity index (χ2n) is 13.1. The molecule has 1 aliphatic heterocycles. The number of likely N-dealkylation sites (tertiary alicyclic amines) is 1. The van der Waals surface area contributed by atoms with Crippen molar-refractivity contribution in [1.82, 2.24) is 9.80 Å².